The lowest BCUT2D eigenvalue weighted by Gasteiger charge is -2.18. The first kappa shape index (κ1) is 9.56. The Morgan fingerprint density at radius 2 is 1.92 bits per heavy atom. The minimum absolute atomic E-state index is 0.366. The van der Waals surface area contributed by atoms with Crippen LogP contribution in [-0.4, -0.2) is 12.3 Å². The van der Waals surface area contributed by atoms with Crippen molar-refractivity contribution < 1.29 is 4.84 Å². The Morgan fingerprint density at radius 1 is 1.25 bits per heavy atom. The van der Waals surface area contributed by atoms with Crippen LogP contribution in [0.15, 0.2) is 5.16 Å². The van der Waals surface area contributed by atoms with E-state index in [0.29, 0.717) is 12.0 Å². The van der Waals surface area contributed by atoms with E-state index in [9.17, 15) is 0 Å². The van der Waals surface area contributed by atoms with E-state index in [1.54, 1.807) is 0 Å². The third kappa shape index (κ3) is 3.74. The van der Waals surface area contributed by atoms with E-state index in [0.717, 1.165) is 0 Å². The predicted octanol–water partition coefficient (Wildman–Crippen LogP) is 2.85. The molecule has 1 rings (SSSR count). The normalized spacial score (nSPS) is 20.6. The zero-order valence-corrected chi connectivity index (χ0v) is 8.05. The predicted molar refractivity (Wildman–Crippen MR) is 50.2 cm³/mol. The largest absolute Gasteiger partial charge is 0.392 e. The van der Waals surface area contributed by atoms with Crippen LogP contribution in [0.4, 0.5) is 0 Å². The molecule has 0 aromatic rings. The minimum Gasteiger partial charge on any atom is -0.392 e. The van der Waals surface area contributed by atoms with Gasteiger partial charge in [0.2, 0.25) is 0 Å². The second-order valence-electron chi connectivity index (χ2n) is 3.74. The van der Waals surface area contributed by atoms with Crippen LogP contribution < -0.4 is 0 Å². The molecule has 0 spiro atoms. The number of hydrogen-bond acceptors (Lipinski definition) is 2. The van der Waals surface area contributed by atoms with Gasteiger partial charge in [0, 0.05) is 5.92 Å². The number of nitrogens with zero attached hydrogens (tertiary/aromatic N) is 1. The quantitative estimate of drug-likeness (QED) is 0.469. The second-order valence-corrected chi connectivity index (χ2v) is 3.74. The summed E-state index contributed by atoms with van der Waals surface area (Å²) in [5.74, 6) is 0.369. The molecule has 0 heterocycles. The minimum atomic E-state index is 0.366. The number of hydrogen-bond donors (Lipinski definition) is 0. The van der Waals surface area contributed by atoms with Gasteiger partial charge in [-0.05, 0) is 25.7 Å². The highest BCUT2D eigenvalue weighted by Crippen LogP contribution is 2.20. The average molecular weight is 168 g/mol. The molecule has 0 aliphatic heterocycles. The first-order chi connectivity index (χ1) is 5.79. The molecule has 2 nitrogen and oxygen atoms in total. The monoisotopic (exact) mass is 168 g/mol. The Hall–Kier alpha value is -0.530. The maximum Gasteiger partial charge on any atom is 0.127 e. The van der Waals surface area contributed by atoms with Gasteiger partial charge in [-0.1, -0.05) is 25.4 Å². The molecule has 0 N–H and O–H groups in total. The van der Waals surface area contributed by atoms with Gasteiger partial charge in [-0.3, -0.25) is 0 Å². The third-order valence-corrected chi connectivity index (χ3v) is 2.06. The van der Waals surface area contributed by atoms with Crippen LogP contribution in [0.3, 0.4) is 0 Å². The molecule has 1 radical (unpaired) electrons. The van der Waals surface area contributed by atoms with Crippen LogP contribution >= 0.6 is 0 Å². The van der Waals surface area contributed by atoms with Crippen LogP contribution in [0.25, 0.3) is 0 Å². The van der Waals surface area contributed by atoms with E-state index in [2.05, 4.69) is 11.4 Å². The summed E-state index contributed by atoms with van der Waals surface area (Å²) in [6.45, 7) is 4.10. The van der Waals surface area contributed by atoms with Gasteiger partial charge in [-0.2, -0.15) is 0 Å². The molecule has 0 saturated heterocycles. The second kappa shape index (κ2) is 5.18. The molecule has 1 aliphatic rings. The molecule has 0 unspecified atom stereocenters. The molecule has 1 fully saturated rings. The highest BCUT2D eigenvalue weighted by atomic mass is 16.6. The fourth-order valence-corrected chi connectivity index (χ4v) is 1.38. The molecule has 1 aliphatic carbocycles. The standard InChI is InChI=1S/C10H18NO/c1-9(2)8-11-12-10-6-4-3-5-7-10/h9-10H,3-7H2,1-2H3. The summed E-state index contributed by atoms with van der Waals surface area (Å²) in [5, 5.41) is 3.84. The molecule has 1 saturated carbocycles. The van der Waals surface area contributed by atoms with Crippen molar-refractivity contribution >= 4 is 6.21 Å². The van der Waals surface area contributed by atoms with Crippen LogP contribution in [-0.2, 0) is 4.84 Å². The third-order valence-electron chi connectivity index (χ3n) is 2.06. The van der Waals surface area contributed by atoms with Crippen molar-refractivity contribution in [3.8, 4) is 0 Å². The lowest BCUT2D eigenvalue weighted by molar-refractivity contribution is 0.0333. The Labute approximate surface area is 75.0 Å². The van der Waals surface area contributed by atoms with Gasteiger partial charge in [0.25, 0.3) is 0 Å². The van der Waals surface area contributed by atoms with Gasteiger partial charge in [-0.15, -0.1) is 0 Å². The average Bonchev–Trinajstić information content (AvgIpc) is 2.05. The van der Waals surface area contributed by atoms with Gasteiger partial charge < -0.3 is 4.84 Å². The van der Waals surface area contributed by atoms with Crippen LogP contribution in [0.5, 0.6) is 0 Å². The molecule has 2 heteroatoms. The first-order valence-electron chi connectivity index (χ1n) is 4.90. The SMILES string of the molecule is CC(C)/[C]=N/OC1CCCCC1. The summed E-state index contributed by atoms with van der Waals surface area (Å²) in [6, 6.07) is 0. The lowest BCUT2D eigenvalue weighted by atomic mass is 9.98. The summed E-state index contributed by atoms with van der Waals surface area (Å²) < 4.78 is 0. The summed E-state index contributed by atoms with van der Waals surface area (Å²) in [5.41, 5.74) is 0. The summed E-state index contributed by atoms with van der Waals surface area (Å²) in [7, 11) is 0. The topological polar surface area (TPSA) is 21.6 Å². The van der Waals surface area contributed by atoms with Gasteiger partial charge in [0.05, 0.1) is 0 Å². The Morgan fingerprint density at radius 3 is 2.50 bits per heavy atom. The van der Waals surface area contributed by atoms with Crippen molar-refractivity contribution in [2.45, 2.75) is 52.1 Å². The smallest absolute Gasteiger partial charge is 0.127 e. The van der Waals surface area contributed by atoms with E-state index in [1.807, 2.05) is 13.8 Å². The molecule has 0 aromatic carbocycles. The van der Waals surface area contributed by atoms with E-state index < -0.39 is 0 Å². The Balaban J connectivity index is 2.12. The number of rotatable bonds is 3. The summed E-state index contributed by atoms with van der Waals surface area (Å²) >= 11 is 0. The Bertz CT molecular complexity index is 137. The van der Waals surface area contributed by atoms with E-state index >= 15 is 0 Å². The van der Waals surface area contributed by atoms with E-state index in [4.69, 9.17) is 4.84 Å². The van der Waals surface area contributed by atoms with Crippen molar-refractivity contribution in [2.24, 2.45) is 11.1 Å². The van der Waals surface area contributed by atoms with E-state index in [1.165, 1.54) is 32.1 Å². The van der Waals surface area contributed by atoms with Crippen LogP contribution in [0.1, 0.15) is 46.0 Å². The molecule has 12 heavy (non-hydrogen) atoms. The van der Waals surface area contributed by atoms with Crippen LogP contribution in [0.2, 0.25) is 0 Å². The van der Waals surface area contributed by atoms with Crippen molar-refractivity contribution in [3.63, 3.8) is 0 Å². The zero-order chi connectivity index (χ0) is 8.81. The first-order valence-corrected chi connectivity index (χ1v) is 4.90. The zero-order valence-electron chi connectivity index (χ0n) is 8.05. The molecular formula is C10H18NO. The fraction of sp³-hybridized carbons (Fsp3) is 0.900. The highest BCUT2D eigenvalue weighted by molar-refractivity contribution is 5.58. The van der Waals surface area contributed by atoms with Crippen molar-refractivity contribution in [2.75, 3.05) is 0 Å². The van der Waals surface area contributed by atoms with Gasteiger partial charge in [-0.25, -0.2) is 0 Å². The van der Waals surface area contributed by atoms with Gasteiger partial charge >= 0.3 is 0 Å². The van der Waals surface area contributed by atoms with E-state index in [-0.39, 0.29) is 0 Å². The highest BCUT2D eigenvalue weighted by Gasteiger charge is 2.13. The maximum absolute atomic E-state index is 5.31. The molecule has 0 atom stereocenters. The summed E-state index contributed by atoms with van der Waals surface area (Å²) in [6.07, 6.45) is 9.55. The summed E-state index contributed by atoms with van der Waals surface area (Å²) in [4.78, 5) is 5.31. The van der Waals surface area contributed by atoms with Crippen LogP contribution in [0, 0.1) is 5.92 Å². The van der Waals surface area contributed by atoms with Crippen molar-refractivity contribution in [1.82, 2.24) is 0 Å². The molecule has 69 valence electrons. The molecular weight excluding hydrogens is 150 g/mol. The molecule has 0 aromatic heterocycles. The van der Waals surface area contributed by atoms with Crippen molar-refractivity contribution in [3.05, 3.63) is 0 Å². The molecule has 0 amide bonds. The lowest BCUT2D eigenvalue weighted by Crippen LogP contribution is -2.13. The van der Waals surface area contributed by atoms with Gasteiger partial charge in [0.1, 0.15) is 12.3 Å². The maximum atomic E-state index is 5.31. The van der Waals surface area contributed by atoms with Crippen molar-refractivity contribution in [1.29, 1.82) is 0 Å². The fourth-order valence-electron chi connectivity index (χ4n) is 1.38. The van der Waals surface area contributed by atoms with Gasteiger partial charge in [0.15, 0.2) is 0 Å². The Kier molecular flexibility index (Phi) is 4.12. The molecule has 0 bridgehead atoms.